The molecule has 2 aromatic carbocycles. The van der Waals surface area contributed by atoms with E-state index in [2.05, 4.69) is 28.9 Å². The van der Waals surface area contributed by atoms with E-state index in [0.29, 0.717) is 12.2 Å². The Morgan fingerprint density at radius 1 is 1.26 bits per heavy atom. The molecule has 0 bridgehead atoms. The number of hydrogen-bond acceptors (Lipinski definition) is 4. The number of carboxylic acid groups (broad SMARTS) is 1. The number of hydrogen-bond donors (Lipinski definition) is 2. The maximum absolute atomic E-state index is 11.3. The van der Waals surface area contributed by atoms with E-state index in [0.717, 1.165) is 48.3 Å². The molecular formula is C25H30N2O4. The Morgan fingerprint density at radius 3 is 2.71 bits per heavy atom. The van der Waals surface area contributed by atoms with Crippen molar-refractivity contribution in [1.82, 2.24) is 9.88 Å². The van der Waals surface area contributed by atoms with E-state index in [1.807, 2.05) is 25.3 Å². The first-order valence-electron chi connectivity index (χ1n) is 10.8. The number of nitrogens with one attached hydrogen (secondary N) is 1. The molecule has 2 N–H and O–H groups in total. The van der Waals surface area contributed by atoms with Gasteiger partial charge in [0.25, 0.3) is 0 Å². The number of piperidine rings is 1. The molecular weight excluding hydrogens is 392 g/mol. The number of H-pyrrole nitrogens is 1. The highest BCUT2D eigenvalue weighted by atomic mass is 16.5. The first kappa shape index (κ1) is 21.4. The van der Waals surface area contributed by atoms with Crippen LogP contribution in [-0.2, 0) is 11.3 Å². The topological polar surface area (TPSA) is 74.8 Å². The number of carboxylic acids is 1. The average molecular weight is 423 g/mol. The van der Waals surface area contributed by atoms with Gasteiger partial charge in [0, 0.05) is 48.4 Å². The van der Waals surface area contributed by atoms with Crippen molar-refractivity contribution in [3.63, 3.8) is 0 Å². The quantitative estimate of drug-likeness (QED) is 0.565. The molecule has 3 aromatic rings. The summed E-state index contributed by atoms with van der Waals surface area (Å²) in [6.07, 6.45) is 4.04. The minimum absolute atomic E-state index is 0.146. The van der Waals surface area contributed by atoms with E-state index in [1.165, 1.54) is 10.9 Å². The molecule has 2 heterocycles. The van der Waals surface area contributed by atoms with Crippen molar-refractivity contribution in [2.75, 3.05) is 20.3 Å². The number of benzene rings is 2. The molecule has 1 aliphatic rings. The Morgan fingerprint density at radius 2 is 2.03 bits per heavy atom. The molecule has 0 aliphatic carbocycles. The van der Waals surface area contributed by atoms with Gasteiger partial charge in [0.15, 0.2) is 0 Å². The van der Waals surface area contributed by atoms with Crippen molar-refractivity contribution >= 4 is 16.9 Å². The van der Waals surface area contributed by atoms with Gasteiger partial charge in [0.1, 0.15) is 5.75 Å². The van der Waals surface area contributed by atoms with Crippen molar-refractivity contribution in [3.8, 4) is 5.75 Å². The summed E-state index contributed by atoms with van der Waals surface area (Å²) in [7, 11) is 1.72. The summed E-state index contributed by atoms with van der Waals surface area (Å²) < 4.78 is 11.7. The number of rotatable bonds is 7. The fraction of sp³-hybridized carbons (Fsp3) is 0.400. The molecule has 6 heteroatoms. The number of nitrogens with zero attached hydrogens (tertiary/aromatic N) is 1. The number of aryl methyl sites for hydroxylation is 1. The van der Waals surface area contributed by atoms with Crippen LogP contribution in [0, 0.1) is 6.92 Å². The van der Waals surface area contributed by atoms with Crippen LogP contribution < -0.4 is 4.74 Å². The van der Waals surface area contributed by atoms with Gasteiger partial charge in [-0.15, -0.1) is 0 Å². The van der Waals surface area contributed by atoms with Crippen LogP contribution in [0.4, 0.5) is 0 Å². The lowest BCUT2D eigenvalue weighted by Crippen LogP contribution is -2.39. The highest BCUT2D eigenvalue weighted by molar-refractivity contribution is 5.88. The van der Waals surface area contributed by atoms with Gasteiger partial charge >= 0.3 is 5.97 Å². The number of methoxy groups -OCH3 is 1. The van der Waals surface area contributed by atoms with E-state index in [9.17, 15) is 9.90 Å². The predicted octanol–water partition coefficient (Wildman–Crippen LogP) is 4.93. The van der Waals surface area contributed by atoms with Crippen LogP contribution in [0.2, 0.25) is 0 Å². The summed E-state index contributed by atoms with van der Waals surface area (Å²) in [6, 6.07) is 11.6. The van der Waals surface area contributed by atoms with Gasteiger partial charge in [-0.05, 0) is 62.1 Å². The predicted molar refractivity (Wildman–Crippen MR) is 121 cm³/mol. The molecule has 164 valence electrons. The van der Waals surface area contributed by atoms with Gasteiger partial charge in [0.05, 0.1) is 18.8 Å². The second-order valence-corrected chi connectivity index (χ2v) is 8.16. The van der Waals surface area contributed by atoms with Crippen LogP contribution >= 0.6 is 0 Å². The lowest BCUT2D eigenvalue weighted by Gasteiger charge is -2.40. The fourth-order valence-corrected chi connectivity index (χ4v) is 4.74. The van der Waals surface area contributed by atoms with Crippen LogP contribution in [0.25, 0.3) is 10.9 Å². The minimum atomic E-state index is -0.904. The number of aromatic nitrogens is 1. The monoisotopic (exact) mass is 422 g/mol. The second kappa shape index (κ2) is 9.12. The molecule has 1 saturated heterocycles. The zero-order chi connectivity index (χ0) is 22.0. The summed E-state index contributed by atoms with van der Waals surface area (Å²) >= 11 is 0. The number of carbonyl (C=O) groups is 1. The fourth-order valence-electron chi connectivity index (χ4n) is 4.74. The lowest BCUT2D eigenvalue weighted by molar-refractivity contribution is -0.0138. The molecule has 1 unspecified atom stereocenters. The molecule has 0 radical (unpaired) electrons. The molecule has 0 spiro atoms. The lowest BCUT2D eigenvalue weighted by atomic mass is 9.91. The molecule has 1 aliphatic heterocycles. The number of ether oxygens (including phenoxy) is 2. The van der Waals surface area contributed by atoms with Crippen LogP contribution in [0.15, 0.2) is 42.6 Å². The first-order valence-corrected chi connectivity index (χ1v) is 10.8. The average Bonchev–Trinajstić information content (AvgIpc) is 3.27. The zero-order valence-electron chi connectivity index (χ0n) is 18.4. The standard InChI is InChI=1S/C25H30N2O4/c1-4-31-19-10-12-27(22(14-19)17-5-7-18(8-6-17)25(28)29)15-21-20-9-11-26-24(20)16(2)13-23(21)30-3/h5-9,11,13,19,22,26H,4,10,12,14-15H2,1-3H3,(H,28,29)/t19?,22-/m0/s1. The van der Waals surface area contributed by atoms with Gasteiger partial charge in [-0.2, -0.15) is 0 Å². The highest BCUT2D eigenvalue weighted by Gasteiger charge is 2.31. The Balaban J connectivity index is 1.69. The maximum Gasteiger partial charge on any atom is 0.335 e. The van der Waals surface area contributed by atoms with E-state index in [-0.39, 0.29) is 12.1 Å². The van der Waals surface area contributed by atoms with Crippen LogP contribution in [0.1, 0.15) is 52.9 Å². The maximum atomic E-state index is 11.3. The van der Waals surface area contributed by atoms with Crippen molar-refractivity contribution in [1.29, 1.82) is 0 Å². The summed E-state index contributed by atoms with van der Waals surface area (Å²) in [6.45, 7) is 6.47. The molecule has 1 aromatic heterocycles. The largest absolute Gasteiger partial charge is 0.496 e. The molecule has 1 fully saturated rings. The Hall–Kier alpha value is -2.83. The molecule has 0 saturated carbocycles. The summed E-state index contributed by atoms with van der Waals surface area (Å²) in [5, 5.41) is 10.4. The summed E-state index contributed by atoms with van der Waals surface area (Å²) in [4.78, 5) is 17.1. The van der Waals surface area contributed by atoms with Crippen molar-refractivity contribution in [2.45, 2.75) is 45.4 Å². The normalized spacial score (nSPS) is 19.6. The van der Waals surface area contributed by atoms with Crippen molar-refractivity contribution in [2.24, 2.45) is 0 Å². The third-order valence-corrected chi connectivity index (χ3v) is 6.30. The summed E-state index contributed by atoms with van der Waals surface area (Å²) in [5.41, 5.74) is 4.90. The molecule has 2 atom stereocenters. The third kappa shape index (κ3) is 4.31. The van der Waals surface area contributed by atoms with Gasteiger partial charge in [0.2, 0.25) is 0 Å². The van der Waals surface area contributed by atoms with E-state index >= 15 is 0 Å². The number of likely N-dealkylation sites (tertiary alicyclic amines) is 1. The summed E-state index contributed by atoms with van der Waals surface area (Å²) in [5.74, 6) is -0.00464. The van der Waals surface area contributed by atoms with Crippen LogP contribution in [0.3, 0.4) is 0 Å². The zero-order valence-corrected chi connectivity index (χ0v) is 18.4. The number of aromatic carboxylic acids is 1. The smallest absolute Gasteiger partial charge is 0.335 e. The van der Waals surface area contributed by atoms with Gasteiger partial charge in [-0.25, -0.2) is 4.79 Å². The Bertz CT molecular complexity index is 1060. The SMILES string of the molecule is CCOC1CCN(Cc2c(OC)cc(C)c3[nH]ccc23)[C@H](c2ccc(C(=O)O)cc2)C1. The van der Waals surface area contributed by atoms with E-state index < -0.39 is 5.97 Å². The molecule has 0 amide bonds. The highest BCUT2D eigenvalue weighted by Crippen LogP contribution is 2.37. The van der Waals surface area contributed by atoms with E-state index in [4.69, 9.17) is 9.47 Å². The van der Waals surface area contributed by atoms with Crippen LogP contribution in [-0.4, -0.2) is 47.3 Å². The van der Waals surface area contributed by atoms with Crippen molar-refractivity contribution in [3.05, 3.63) is 64.8 Å². The third-order valence-electron chi connectivity index (χ3n) is 6.30. The second-order valence-electron chi connectivity index (χ2n) is 8.16. The molecule has 4 rings (SSSR count). The van der Waals surface area contributed by atoms with Gasteiger partial charge < -0.3 is 19.6 Å². The van der Waals surface area contributed by atoms with Gasteiger partial charge in [-0.1, -0.05) is 12.1 Å². The van der Waals surface area contributed by atoms with Gasteiger partial charge in [-0.3, -0.25) is 4.90 Å². The number of aromatic amines is 1. The van der Waals surface area contributed by atoms with E-state index in [1.54, 1.807) is 19.2 Å². The van der Waals surface area contributed by atoms with Crippen LogP contribution in [0.5, 0.6) is 5.75 Å². The Kier molecular flexibility index (Phi) is 6.30. The minimum Gasteiger partial charge on any atom is -0.496 e. The Labute approximate surface area is 182 Å². The van der Waals surface area contributed by atoms with Crippen molar-refractivity contribution < 1.29 is 19.4 Å². The number of fused-ring (bicyclic) bond motifs is 1. The molecule has 6 nitrogen and oxygen atoms in total. The first-order chi connectivity index (χ1) is 15.0. The molecule has 31 heavy (non-hydrogen) atoms.